The van der Waals surface area contributed by atoms with Gasteiger partial charge in [-0.1, -0.05) is 13.8 Å². The van der Waals surface area contributed by atoms with Gasteiger partial charge in [-0.3, -0.25) is 9.89 Å². The molecule has 3 N–H and O–H groups in total. The zero-order valence-corrected chi connectivity index (χ0v) is 16.4. The molecule has 0 bridgehead atoms. The average molecular weight is 370 g/mol. The molecule has 1 atom stereocenters. The molecule has 0 aliphatic carbocycles. The van der Waals surface area contributed by atoms with Gasteiger partial charge in [0.2, 0.25) is 0 Å². The van der Waals surface area contributed by atoms with Gasteiger partial charge in [-0.25, -0.2) is 4.79 Å². The van der Waals surface area contributed by atoms with Crippen LogP contribution in [-0.2, 0) is 9.47 Å². The lowest BCUT2D eigenvalue weighted by molar-refractivity contribution is 0.00868. The molecular formula is C18H35N5O3. The van der Waals surface area contributed by atoms with Gasteiger partial charge in [0.05, 0.1) is 26.4 Å². The molecule has 2 aliphatic rings. The number of hydrogen-bond donors (Lipinski definition) is 2. The molecule has 0 saturated carbocycles. The average Bonchev–Trinajstić information content (AvgIpc) is 2.63. The Balaban J connectivity index is 1.77. The van der Waals surface area contributed by atoms with E-state index in [1.807, 2.05) is 6.92 Å². The number of carbonyl (C=O) groups is 1. The first-order valence-corrected chi connectivity index (χ1v) is 9.81. The standard InChI is InChI=1S/C18H35N5O3/c1-4-26-18(24)23-7-5-15(6-8-23)21-17(19)20-13-16(14(2)3)22-9-11-25-12-10-22/h14-16H,4-13H2,1-3H3,(H3,19,20,21). The zero-order chi connectivity index (χ0) is 18.9. The van der Waals surface area contributed by atoms with Crippen LogP contribution >= 0.6 is 0 Å². The highest BCUT2D eigenvalue weighted by Crippen LogP contribution is 2.14. The predicted octanol–water partition coefficient (Wildman–Crippen LogP) is 0.868. The van der Waals surface area contributed by atoms with Gasteiger partial charge in [-0.05, 0) is 25.7 Å². The van der Waals surface area contributed by atoms with Crippen LogP contribution < -0.4 is 11.1 Å². The maximum Gasteiger partial charge on any atom is 0.409 e. The van der Waals surface area contributed by atoms with Gasteiger partial charge in [0.15, 0.2) is 5.96 Å². The van der Waals surface area contributed by atoms with Crippen LogP contribution in [0.2, 0.25) is 0 Å². The molecule has 2 aliphatic heterocycles. The van der Waals surface area contributed by atoms with Crippen LogP contribution in [0.3, 0.4) is 0 Å². The second kappa shape index (κ2) is 10.6. The summed E-state index contributed by atoms with van der Waals surface area (Å²) in [6.45, 7) is 12.3. The Kier molecular flexibility index (Phi) is 8.44. The van der Waals surface area contributed by atoms with Crippen molar-refractivity contribution < 1.29 is 14.3 Å². The quantitative estimate of drug-likeness (QED) is 0.533. The lowest BCUT2D eigenvalue weighted by Crippen LogP contribution is -2.50. The molecule has 2 heterocycles. The number of guanidine groups is 1. The maximum atomic E-state index is 11.7. The zero-order valence-electron chi connectivity index (χ0n) is 16.4. The van der Waals surface area contributed by atoms with E-state index in [9.17, 15) is 4.79 Å². The van der Waals surface area contributed by atoms with Gasteiger partial charge < -0.3 is 25.4 Å². The Morgan fingerprint density at radius 3 is 2.50 bits per heavy atom. The fraction of sp³-hybridized carbons (Fsp3) is 0.889. The molecule has 150 valence electrons. The Labute approximate surface area is 157 Å². The fourth-order valence-electron chi connectivity index (χ4n) is 3.52. The highest BCUT2D eigenvalue weighted by molar-refractivity contribution is 5.78. The summed E-state index contributed by atoms with van der Waals surface area (Å²) >= 11 is 0. The molecule has 0 radical (unpaired) electrons. The van der Waals surface area contributed by atoms with E-state index >= 15 is 0 Å². The van der Waals surface area contributed by atoms with Crippen molar-refractivity contribution in [1.82, 2.24) is 15.1 Å². The third kappa shape index (κ3) is 6.32. The number of rotatable bonds is 6. The molecule has 26 heavy (non-hydrogen) atoms. The molecule has 0 aromatic heterocycles. The first kappa shape index (κ1) is 20.8. The molecule has 2 fully saturated rings. The van der Waals surface area contributed by atoms with Crippen LogP contribution in [0.15, 0.2) is 4.99 Å². The van der Waals surface area contributed by atoms with Crippen molar-refractivity contribution in [1.29, 1.82) is 0 Å². The van der Waals surface area contributed by atoms with Gasteiger partial charge in [0.25, 0.3) is 0 Å². The monoisotopic (exact) mass is 369 g/mol. The molecule has 2 rings (SSSR count). The number of nitrogens with zero attached hydrogens (tertiary/aromatic N) is 3. The molecule has 0 aromatic carbocycles. The minimum atomic E-state index is -0.224. The van der Waals surface area contributed by atoms with Crippen LogP contribution in [0.1, 0.15) is 33.6 Å². The van der Waals surface area contributed by atoms with Gasteiger partial charge in [0, 0.05) is 38.3 Å². The van der Waals surface area contributed by atoms with E-state index in [1.54, 1.807) is 4.90 Å². The van der Waals surface area contributed by atoms with Gasteiger partial charge in [0.1, 0.15) is 0 Å². The second-order valence-electron chi connectivity index (χ2n) is 7.29. The van der Waals surface area contributed by atoms with E-state index in [-0.39, 0.29) is 12.1 Å². The van der Waals surface area contributed by atoms with E-state index in [0.717, 1.165) is 39.1 Å². The minimum absolute atomic E-state index is 0.224. The number of hydrogen-bond acceptors (Lipinski definition) is 5. The van der Waals surface area contributed by atoms with E-state index < -0.39 is 0 Å². The first-order chi connectivity index (χ1) is 12.5. The van der Waals surface area contributed by atoms with Crippen molar-refractivity contribution in [3.63, 3.8) is 0 Å². The number of nitrogens with one attached hydrogen (secondary N) is 1. The largest absolute Gasteiger partial charge is 0.450 e. The van der Waals surface area contributed by atoms with Crippen LogP contribution in [-0.4, -0.2) is 86.5 Å². The topological polar surface area (TPSA) is 92.4 Å². The lowest BCUT2D eigenvalue weighted by Gasteiger charge is -2.36. The number of likely N-dealkylation sites (tertiary alicyclic amines) is 1. The first-order valence-electron chi connectivity index (χ1n) is 9.81. The van der Waals surface area contributed by atoms with Crippen LogP contribution in [0, 0.1) is 5.92 Å². The Morgan fingerprint density at radius 2 is 1.92 bits per heavy atom. The summed E-state index contributed by atoms with van der Waals surface area (Å²) < 4.78 is 10.5. The maximum absolute atomic E-state index is 11.7. The van der Waals surface area contributed by atoms with Crippen molar-refractivity contribution in [2.75, 3.05) is 52.5 Å². The van der Waals surface area contributed by atoms with Crippen LogP contribution in [0.25, 0.3) is 0 Å². The number of carbonyl (C=O) groups excluding carboxylic acids is 1. The molecule has 1 amide bonds. The van der Waals surface area contributed by atoms with Crippen LogP contribution in [0.4, 0.5) is 4.79 Å². The Morgan fingerprint density at radius 1 is 1.27 bits per heavy atom. The molecule has 1 unspecified atom stereocenters. The summed E-state index contributed by atoms with van der Waals surface area (Å²) in [7, 11) is 0. The van der Waals surface area contributed by atoms with Crippen molar-refractivity contribution in [3.8, 4) is 0 Å². The summed E-state index contributed by atoms with van der Waals surface area (Å²) in [5.41, 5.74) is 6.12. The number of aliphatic imine (C=N–C) groups is 1. The number of amides is 1. The normalized spacial score (nSPS) is 21.7. The summed E-state index contributed by atoms with van der Waals surface area (Å²) in [5.74, 6) is 1.01. The van der Waals surface area contributed by atoms with E-state index in [2.05, 4.69) is 29.1 Å². The molecule has 0 aromatic rings. The van der Waals surface area contributed by atoms with Crippen molar-refractivity contribution in [2.24, 2.45) is 16.6 Å². The third-order valence-corrected chi connectivity index (χ3v) is 5.11. The van der Waals surface area contributed by atoms with Crippen molar-refractivity contribution >= 4 is 12.1 Å². The molecule has 8 nitrogen and oxygen atoms in total. The van der Waals surface area contributed by atoms with Gasteiger partial charge in [-0.15, -0.1) is 0 Å². The number of morpholine rings is 1. The third-order valence-electron chi connectivity index (χ3n) is 5.11. The van der Waals surface area contributed by atoms with Gasteiger partial charge >= 0.3 is 6.09 Å². The smallest absolute Gasteiger partial charge is 0.409 e. The van der Waals surface area contributed by atoms with E-state index in [4.69, 9.17) is 15.2 Å². The predicted molar refractivity (Wildman–Crippen MR) is 102 cm³/mol. The summed E-state index contributed by atoms with van der Waals surface area (Å²) in [4.78, 5) is 20.5. The lowest BCUT2D eigenvalue weighted by atomic mass is 10.0. The van der Waals surface area contributed by atoms with Gasteiger partial charge in [-0.2, -0.15) is 0 Å². The number of ether oxygens (including phenoxy) is 2. The highest BCUT2D eigenvalue weighted by atomic mass is 16.6. The SMILES string of the molecule is CCOC(=O)N1CCC(NC(N)=NCC(C(C)C)N2CCOCC2)CC1. The van der Waals surface area contributed by atoms with Crippen LogP contribution in [0.5, 0.6) is 0 Å². The molecule has 0 spiro atoms. The van der Waals surface area contributed by atoms with Crippen molar-refractivity contribution in [2.45, 2.75) is 45.7 Å². The Bertz CT molecular complexity index is 458. The minimum Gasteiger partial charge on any atom is -0.450 e. The number of piperidine rings is 1. The fourth-order valence-corrected chi connectivity index (χ4v) is 3.52. The number of nitrogens with two attached hydrogens (primary N) is 1. The Hall–Kier alpha value is -1.54. The van der Waals surface area contributed by atoms with E-state index in [0.29, 0.717) is 44.2 Å². The van der Waals surface area contributed by atoms with E-state index in [1.165, 1.54) is 0 Å². The highest BCUT2D eigenvalue weighted by Gasteiger charge is 2.25. The molecular weight excluding hydrogens is 334 g/mol. The second-order valence-corrected chi connectivity index (χ2v) is 7.29. The summed E-state index contributed by atoms with van der Waals surface area (Å²) in [6, 6.07) is 0.634. The van der Waals surface area contributed by atoms with Crippen molar-refractivity contribution in [3.05, 3.63) is 0 Å². The summed E-state index contributed by atoms with van der Waals surface area (Å²) in [5, 5.41) is 3.31. The molecule has 2 saturated heterocycles. The molecule has 8 heteroatoms. The summed E-state index contributed by atoms with van der Waals surface area (Å²) in [6.07, 6.45) is 1.48.